The van der Waals surface area contributed by atoms with E-state index in [2.05, 4.69) is 26.9 Å². The maximum absolute atomic E-state index is 13.6. The lowest BCUT2D eigenvalue weighted by molar-refractivity contribution is 0.282. The highest BCUT2D eigenvalue weighted by atomic mass is 32.2. The molecule has 142 valence electrons. The van der Waals surface area contributed by atoms with Crippen LogP contribution < -0.4 is 14.8 Å². The number of hydrogen-bond donors (Lipinski definition) is 3. The molecule has 0 aliphatic carbocycles. The van der Waals surface area contributed by atoms with E-state index in [9.17, 15) is 4.39 Å². The number of hydrogen-bond acceptors (Lipinski definition) is 7. The minimum Gasteiger partial charge on any atom is -0.475 e. The van der Waals surface area contributed by atoms with Crippen LogP contribution >= 0.6 is 11.9 Å². The van der Waals surface area contributed by atoms with Crippen molar-refractivity contribution in [3.05, 3.63) is 47.7 Å². The molecule has 3 heterocycles. The largest absolute Gasteiger partial charge is 0.475 e. The number of rotatable bonds is 6. The fourth-order valence-corrected chi connectivity index (χ4v) is 3.49. The summed E-state index contributed by atoms with van der Waals surface area (Å²) in [5.74, 6) is 0.164. The van der Waals surface area contributed by atoms with Crippen LogP contribution in [0.5, 0.6) is 5.88 Å². The first-order valence-corrected chi connectivity index (χ1v) is 9.60. The van der Waals surface area contributed by atoms with Gasteiger partial charge >= 0.3 is 0 Å². The molecule has 8 heteroatoms. The standard InChI is InChI=1S/C19H22FN5OS/c1-3-4-17-18(7-13(20)9-22-17)27-25-14-8-15-16(5-6-21)24-12(2)11-26-19(15)23-10-14/h5-10,12,21,24-25H,3-4,11H2,1-2H3/b16-5-,21-6?. The molecule has 1 aliphatic heterocycles. The van der Waals surface area contributed by atoms with Crippen molar-refractivity contribution in [3.8, 4) is 5.88 Å². The summed E-state index contributed by atoms with van der Waals surface area (Å²) in [6.07, 6.45) is 7.56. The number of nitrogens with one attached hydrogen (secondary N) is 3. The summed E-state index contributed by atoms with van der Waals surface area (Å²) >= 11 is 1.31. The normalized spacial score (nSPS) is 17.4. The molecule has 0 saturated carbocycles. The maximum atomic E-state index is 13.6. The van der Waals surface area contributed by atoms with Crippen molar-refractivity contribution >= 4 is 29.5 Å². The van der Waals surface area contributed by atoms with Gasteiger partial charge in [0.05, 0.1) is 40.3 Å². The number of halogens is 1. The molecule has 0 amide bonds. The number of anilines is 1. The van der Waals surface area contributed by atoms with E-state index in [4.69, 9.17) is 10.1 Å². The fourth-order valence-electron chi connectivity index (χ4n) is 2.70. The first kappa shape index (κ1) is 19.2. The van der Waals surface area contributed by atoms with Crippen molar-refractivity contribution in [2.45, 2.75) is 37.6 Å². The van der Waals surface area contributed by atoms with E-state index in [0.717, 1.165) is 40.4 Å². The number of aryl methyl sites for hydroxylation is 1. The number of pyridine rings is 2. The average molecular weight is 387 g/mol. The zero-order chi connectivity index (χ0) is 19.2. The van der Waals surface area contributed by atoms with Crippen molar-refractivity contribution in [3.63, 3.8) is 0 Å². The van der Waals surface area contributed by atoms with Crippen LogP contribution in [-0.4, -0.2) is 28.8 Å². The van der Waals surface area contributed by atoms with Gasteiger partial charge in [0, 0.05) is 11.9 Å². The van der Waals surface area contributed by atoms with E-state index in [1.54, 1.807) is 12.3 Å². The van der Waals surface area contributed by atoms with Crippen molar-refractivity contribution in [2.24, 2.45) is 0 Å². The minimum atomic E-state index is -0.359. The lowest BCUT2D eigenvalue weighted by atomic mass is 10.1. The number of nitrogens with zero attached hydrogens (tertiary/aromatic N) is 2. The molecule has 3 N–H and O–H groups in total. The van der Waals surface area contributed by atoms with E-state index in [0.29, 0.717) is 12.5 Å². The number of ether oxygens (including phenoxy) is 1. The smallest absolute Gasteiger partial charge is 0.223 e. The summed E-state index contributed by atoms with van der Waals surface area (Å²) in [5, 5.41) is 10.7. The Bertz CT molecular complexity index is 858. The SMILES string of the molecule is CCCc1ncc(F)cc1SNc1cnc2c(c1)/C(=C/C=N)NC(C)CO2. The summed E-state index contributed by atoms with van der Waals surface area (Å²) in [7, 11) is 0. The Labute approximate surface area is 162 Å². The van der Waals surface area contributed by atoms with E-state index in [-0.39, 0.29) is 11.9 Å². The highest BCUT2D eigenvalue weighted by Gasteiger charge is 2.19. The molecule has 0 bridgehead atoms. The second-order valence-electron chi connectivity index (χ2n) is 6.23. The Morgan fingerprint density at radius 2 is 2.26 bits per heavy atom. The van der Waals surface area contributed by atoms with Gasteiger partial charge in [-0.2, -0.15) is 0 Å². The highest BCUT2D eigenvalue weighted by Crippen LogP contribution is 2.31. The highest BCUT2D eigenvalue weighted by molar-refractivity contribution is 8.00. The zero-order valence-electron chi connectivity index (χ0n) is 15.3. The molecule has 1 aliphatic rings. The summed E-state index contributed by atoms with van der Waals surface area (Å²) in [6, 6.07) is 3.49. The van der Waals surface area contributed by atoms with Crippen LogP contribution in [0.1, 0.15) is 31.5 Å². The van der Waals surface area contributed by atoms with Crippen LogP contribution in [0.4, 0.5) is 10.1 Å². The van der Waals surface area contributed by atoms with Gasteiger partial charge in [-0.15, -0.1) is 0 Å². The van der Waals surface area contributed by atoms with Crippen LogP contribution in [0.3, 0.4) is 0 Å². The molecule has 0 spiro atoms. The number of allylic oxidation sites excluding steroid dienone is 1. The Hall–Kier alpha value is -2.61. The third kappa shape index (κ3) is 4.77. The molecule has 0 saturated heterocycles. The average Bonchev–Trinajstić information content (AvgIpc) is 2.81. The Morgan fingerprint density at radius 3 is 3.04 bits per heavy atom. The Kier molecular flexibility index (Phi) is 6.28. The van der Waals surface area contributed by atoms with Gasteiger partial charge in [-0.05, 0) is 43.5 Å². The molecular formula is C19H22FN5OS. The summed E-state index contributed by atoms with van der Waals surface area (Å²) < 4.78 is 22.5. The van der Waals surface area contributed by atoms with Crippen molar-refractivity contribution in [2.75, 3.05) is 11.3 Å². The van der Waals surface area contributed by atoms with E-state index in [1.807, 2.05) is 13.0 Å². The monoisotopic (exact) mass is 387 g/mol. The summed E-state index contributed by atoms with van der Waals surface area (Å²) in [4.78, 5) is 9.34. The molecule has 0 aromatic carbocycles. The molecule has 6 nitrogen and oxygen atoms in total. The number of fused-ring (bicyclic) bond motifs is 1. The molecule has 1 unspecified atom stereocenters. The molecule has 2 aromatic heterocycles. The van der Waals surface area contributed by atoms with Crippen LogP contribution in [0, 0.1) is 11.2 Å². The lowest BCUT2D eigenvalue weighted by Gasteiger charge is -2.13. The molecule has 27 heavy (non-hydrogen) atoms. The summed E-state index contributed by atoms with van der Waals surface area (Å²) in [5.41, 5.74) is 3.17. The third-order valence-electron chi connectivity index (χ3n) is 3.93. The molecule has 0 radical (unpaired) electrons. The van der Waals surface area contributed by atoms with Gasteiger partial charge in [0.2, 0.25) is 5.88 Å². The molecule has 3 rings (SSSR count). The van der Waals surface area contributed by atoms with E-state index in [1.165, 1.54) is 30.4 Å². The first-order valence-electron chi connectivity index (χ1n) is 8.78. The van der Waals surface area contributed by atoms with Gasteiger partial charge < -0.3 is 20.2 Å². The van der Waals surface area contributed by atoms with Crippen molar-refractivity contribution in [1.29, 1.82) is 5.41 Å². The van der Waals surface area contributed by atoms with Crippen molar-refractivity contribution < 1.29 is 9.13 Å². The second-order valence-corrected chi connectivity index (χ2v) is 7.08. The van der Waals surface area contributed by atoms with Crippen LogP contribution in [-0.2, 0) is 6.42 Å². The molecular weight excluding hydrogens is 365 g/mol. The van der Waals surface area contributed by atoms with Gasteiger partial charge in [-0.1, -0.05) is 13.3 Å². The topological polar surface area (TPSA) is 82.9 Å². The quantitative estimate of drug-likeness (QED) is 0.512. The predicted molar refractivity (Wildman–Crippen MR) is 107 cm³/mol. The van der Waals surface area contributed by atoms with Crippen molar-refractivity contribution in [1.82, 2.24) is 15.3 Å². The first-order chi connectivity index (χ1) is 13.1. The van der Waals surface area contributed by atoms with Crippen LogP contribution in [0.15, 0.2) is 35.5 Å². The minimum absolute atomic E-state index is 0.103. The predicted octanol–water partition coefficient (Wildman–Crippen LogP) is 4.05. The molecule has 2 aromatic rings. The molecule has 1 atom stereocenters. The van der Waals surface area contributed by atoms with Gasteiger partial charge in [-0.25, -0.2) is 9.37 Å². The van der Waals surface area contributed by atoms with Crippen LogP contribution in [0.25, 0.3) is 5.70 Å². The van der Waals surface area contributed by atoms with Gasteiger partial charge in [0.25, 0.3) is 0 Å². The van der Waals surface area contributed by atoms with Gasteiger partial charge in [0.1, 0.15) is 12.4 Å². The van der Waals surface area contributed by atoms with Gasteiger partial charge in [0.15, 0.2) is 0 Å². The van der Waals surface area contributed by atoms with E-state index >= 15 is 0 Å². The van der Waals surface area contributed by atoms with Gasteiger partial charge in [-0.3, -0.25) is 4.98 Å². The maximum Gasteiger partial charge on any atom is 0.223 e. The fraction of sp³-hybridized carbons (Fsp3) is 0.316. The lowest BCUT2D eigenvalue weighted by Crippen LogP contribution is -2.27. The molecule has 0 fully saturated rings. The Morgan fingerprint density at radius 1 is 1.41 bits per heavy atom. The Balaban J connectivity index is 1.84. The van der Waals surface area contributed by atoms with E-state index < -0.39 is 0 Å². The van der Waals surface area contributed by atoms with Crippen LogP contribution in [0.2, 0.25) is 0 Å². The zero-order valence-corrected chi connectivity index (χ0v) is 16.1. The summed E-state index contributed by atoms with van der Waals surface area (Å²) in [6.45, 7) is 4.56. The third-order valence-corrected chi connectivity index (χ3v) is 4.84. The second kappa shape index (κ2) is 8.85. The number of aromatic nitrogens is 2.